The van der Waals surface area contributed by atoms with E-state index in [0.717, 1.165) is 11.3 Å². The van der Waals surface area contributed by atoms with Crippen LogP contribution in [0.1, 0.15) is 39.7 Å². The molecule has 0 bridgehead atoms. The van der Waals surface area contributed by atoms with Crippen molar-refractivity contribution >= 4 is 23.2 Å². The highest BCUT2D eigenvalue weighted by molar-refractivity contribution is 6.34. The topological polar surface area (TPSA) is 44.1 Å². The third kappa shape index (κ3) is 2.41. The summed E-state index contributed by atoms with van der Waals surface area (Å²) in [5.74, 6) is -0.0159. The van der Waals surface area contributed by atoms with Crippen molar-refractivity contribution in [3.8, 4) is 6.07 Å². The lowest BCUT2D eigenvalue weighted by Gasteiger charge is -2.31. The zero-order valence-corrected chi connectivity index (χ0v) is 13.1. The van der Waals surface area contributed by atoms with Crippen LogP contribution in [0.3, 0.4) is 0 Å². The third-order valence-corrected chi connectivity index (χ3v) is 4.23. The molecule has 106 valence electrons. The second-order valence-corrected chi connectivity index (χ2v) is 6.88. The van der Waals surface area contributed by atoms with Crippen LogP contribution in [0.4, 0.5) is 5.69 Å². The molecule has 1 aromatic carbocycles. The minimum atomic E-state index is -0.443. The van der Waals surface area contributed by atoms with Crippen molar-refractivity contribution in [3.05, 3.63) is 28.8 Å². The molecule has 1 atom stereocenters. The molecule has 0 saturated heterocycles. The Bertz CT molecular complexity index is 603. The lowest BCUT2D eigenvalue weighted by molar-refractivity contribution is -0.116. The summed E-state index contributed by atoms with van der Waals surface area (Å²) in [5, 5.41) is 9.88. The Morgan fingerprint density at radius 2 is 2.20 bits per heavy atom. The monoisotopic (exact) mass is 290 g/mol. The molecule has 0 spiro atoms. The molecule has 0 N–H and O–H groups in total. The molecule has 0 aromatic heterocycles. The maximum absolute atomic E-state index is 11.9. The minimum absolute atomic E-state index is 0.0159. The Labute approximate surface area is 125 Å². The molecule has 1 aliphatic heterocycles. The van der Waals surface area contributed by atoms with Crippen molar-refractivity contribution in [2.24, 2.45) is 5.41 Å². The second kappa shape index (κ2) is 4.79. The lowest BCUT2D eigenvalue weighted by atomic mass is 9.72. The van der Waals surface area contributed by atoms with E-state index in [1.807, 2.05) is 26.0 Å². The fourth-order valence-corrected chi connectivity index (χ4v) is 3.50. The predicted molar refractivity (Wildman–Crippen MR) is 80.8 cm³/mol. The summed E-state index contributed by atoms with van der Waals surface area (Å²) in [4.78, 5) is 13.6. The summed E-state index contributed by atoms with van der Waals surface area (Å²) < 4.78 is 0. The summed E-state index contributed by atoms with van der Waals surface area (Å²) >= 11 is 6.28. The van der Waals surface area contributed by atoms with Crippen LogP contribution in [-0.4, -0.2) is 12.5 Å². The van der Waals surface area contributed by atoms with Crippen LogP contribution in [0.5, 0.6) is 0 Å². The smallest absolute Gasteiger partial charge is 0.223 e. The van der Waals surface area contributed by atoms with Crippen molar-refractivity contribution in [1.29, 1.82) is 5.26 Å². The second-order valence-electron chi connectivity index (χ2n) is 6.47. The van der Waals surface area contributed by atoms with Gasteiger partial charge in [0.2, 0.25) is 5.91 Å². The number of hydrogen-bond acceptors (Lipinski definition) is 2. The Balaban J connectivity index is 2.53. The molecule has 0 saturated carbocycles. The molecule has 1 aromatic rings. The number of para-hydroxylation sites is 1. The zero-order valence-electron chi connectivity index (χ0n) is 12.3. The van der Waals surface area contributed by atoms with Gasteiger partial charge < -0.3 is 4.90 Å². The van der Waals surface area contributed by atoms with Crippen LogP contribution >= 0.6 is 11.6 Å². The van der Waals surface area contributed by atoms with Gasteiger partial charge in [-0.05, 0) is 31.9 Å². The first-order valence-corrected chi connectivity index (χ1v) is 7.06. The predicted octanol–water partition coefficient (Wildman–Crippen LogP) is 3.90. The summed E-state index contributed by atoms with van der Waals surface area (Å²) in [6.45, 7) is 8.09. The van der Waals surface area contributed by atoms with Gasteiger partial charge in [0.1, 0.15) is 0 Å². The van der Waals surface area contributed by atoms with Gasteiger partial charge in [0.15, 0.2) is 0 Å². The normalized spacial score (nSPS) is 21.5. The van der Waals surface area contributed by atoms with Crippen LogP contribution in [0.2, 0.25) is 5.02 Å². The largest absolute Gasteiger partial charge is 0.310 e. The average Bonchev–Trinajstić information content (AvgIpc) is 2.64. The summed E-state index contributed by atoms with van der Waals surface area (Å²) in [5.41, 5.74) is 1.17. The Morgan fingerprint density at radius 1 is 1.55 bits per heavy atom. The molecular weight excluding hydrogens is 272 g/mol. The quantitative estimate of drug-likeness (QED) is 0.829. The number of benzene rings is 1. The SMILES string of the molecule is CC(=O)N1CC(C)(CC(C)(C)C#N)c2cccc(Cl)c21. The van der Waals surface area contributed by atoms with E-state index in [9.17, 15) is 10.1 Å². The maximum atomic E-state index is 11.9. The lowest BCUT2D eigenvalue weighted by Crippen LogP contribution is -2.36. The first-order valence-electron chi connectivity index (χ1n) is 6.68. The molecule has 0 aliphatic carbocycles. The number of amides is 1. The molecule has 4 heteroatoms. The summed E-state index contributed by atoms with van der Waals surface area (Å²) in [7, 11) is 0. The number of nitriles is 1. The Kier molecular flexibility index (Phi) is 3.56. The highest BCUT2D eigenvalue weighted by atomic mass is 35.5. The molecule has 1 heterocycles. The molecule has 1 unspecified atom stereocenters. The van der Waals surface area contributed by atoms with Crippen molar-refractivity contribution < 1.29 is 4.79 Å². The number of nitrogens with zero attached hydrogens (tertiary/aromatic N) is 2. The van der Waals surface area contributed by atoms with Crippen LogP contribution in [0.25, 0.3) is 0 Å². The van der Waals surface area contributed by atoms with Crippen molar-refractivity contribution in [2.45, 2.75) is 39.5 Å². The van der Waals surface area contributed by atoms with Crippen molar-refractivity contribution in [1.82, 2.24) is 0 Å². The molecule has 3 nitrogen and oxygen atoms in total. The third-order valence-electron chi connectivity index (χ3n) is 3.93. The van der Waals surface area contributed by atoms with Gasteiger partial charge in [0.25, 0.3) is 0 Å². The van der Waals surface area contributed by atoms with Gasteiger partial charge in [-0.25, -0.2) is 0 Å². The minimum Gasteiger partial charge on any atom is -0.310 e. The van der Waals surface area contributed by atoms with E-state index in [4.69, 9.17) is 11.6 Å². The molecule has 20 heavy (non-hydrogen) atoms. The van der Waals surface area contributed by atoms with Gasteiger partial charge in [0.05, 0.1) is 22.2 Å². The number of rotatable bonds is 2. The van der Waals surface area contributed by atoms with Crippen LogP contribution in [-0.2, 0) is 10.2 Å². The van der Waals surface area contributed by atoms with Gasteiger partial charge in [-0.1, -0.05) is 30.7 Å². The molecule has 1 amide bonds. The van der Waals surface area contributed by atoms with E-state index in [1.165, 1.54) is 0 Å². The van der Waals surface area contributed by atoms with E-state index in [-0.39, 0.29) is 11.3 Å². The van der Waals surface area contributed by atoms with Gasteiger partial charge in [-0.15, -0.1) is 0 Å². The maximum Gasteiger partial charge on any atom is 0.223 e. The van der Waals surface area contributed by atoms with E-state index in [2.05, 4.69) is 13.0 Å². The first kappa shape index (κ1) is 14.9. The van der Waals surface area contributed by atoms with Gasteiger partial charge in [-0.2, -0.15) is 5.26 Å². The van der Waals surface area contributed by atoms with Crippen molar-refractivity contribution in [3.63, 3.8) is 0 Å². The van der Waals surface area contributed by atoms with Gasteiger partial charge >= 0.3 is 0 Å². The highest BCUT2D eigenvalue weighted by Crippen LogP contribution is 2.49. The van der Waals surface area contributed by atoms with Crippen molar-refractivity contribution in [2.75, 3.05) is 11.4 Å². The molecule has 0 fully saturated rings. The number of carbonyl (C=O) groups excluding carboxylic acids is 1. The number of halogens is 1. The first-order chi connectivity index (χ1) is 9.20. The van der Waals surface area contributed by atoms with E-state index in [0.29, 0.717) is 18.0 Å². The van der Waals surface area contributed by atoms with E-state index >= 15 is 0 Å². The summed E-state index contributed by atoms with van der Waals surface area (Å²) in [6.07, 6.45) is 0.688. The Hall–Kier alpha value is -1.53. The zero-order chi connectivity index (χ0) is 15.1. The highest BCUT2D eigenvalue weighted by Gasteiger charge is 2.44. The number of anilines is 1. The standard InChI is InChI=1S/C16H19ClN2O/c1-11(20)19-10-16(4,8-15(2,3)9-18)12-6-5-7-13(17)14(12)19/h5-7H,8,10H2,1-4H3. The number of hydrogen-bond donors (Lipinski definition) is 0. The number of fused-ring (bicyclic) bond motifs is 1. The Morgan fingerprint density at radius 3 is 2.75 bits per heavy atom. The fourth-order valence-electron chi connectivity index (χ4n) is 3.22. The molecular formula is C16H19ClN2O. The van der Waals surface area contributed by atoms with E-state index in [1.54, 1.807) is 17.9 Å². The molecule has 0 radical (unpaired) electrons. The average molecular weight is 291 g/mol. The molecule has 1 aliphatic rings. The van der Waals surface area contributed by atoms with Crippen LogP contribution < -0.4 is 4.90 Å². The van der Waals surface area contributed by atoms with Gasteiger partial charge in [0, 0.05) is 18.9 Å². The van der Waals surface area contributed by atoms with Gasteiger partial charge in [-0.3, -0.25) is 4.79 Å². The summed E-state index contributed by atoms with van der Waals surface area (Å²) in [6, 6.07) is 8.07. The van der Waals surface area contributed by atoms with Crippen LogP contribution in [0.15, 0.2) is 18.2 Å². The van der Waals surface area contributed by atoms with Crippen LogP contribution in [0, 0.1) is 16.7 Å². The fraction of sp³-hybridized carbons (Fsp3) is 0.500. The molecule has 2 rings (SSSR count). The number of carbonyl (C=O) groups is 1. The van der Waals surface area contributed by atoms with E-state index < -0.39 is 5.41 Å².